The van der Waals surface area contributed by atoms with Crippen molar-refractivity contribution in [2.24, 2.45) is 0 Å². The molecule has 14 aromatic carbocycles. The van der Waals surface area contributed by atoms with Crippen molar-refractivity contribution in [2.45, 2.75) is 78.6 Å². The molecule has 95 heavy (non-hydrogen) atoms. The van der Waals surface area contributed by atoms with Gasteiger partial charge >= 0.3 is 0 Å². The minimum Gasteiger partial charge on any atom is -0.310 e. The molecule has 2 heterocycles. The third-order valence-electron chi connectivity index (χ3n) is 20.1. The van der Waals surface area contributed by atoms with Crippen LogP contribution in [0.25, 0.3) is 99.4 Å². The fourth-order valence-electron chi connectivity index (χ4n) is 15.2. The first kappa shape index (κ1) is 59.3. The maximum absolute atomic E-state index is 2.74. The van der Waals surface area contributed by atoms with E-state index in [4.69, 9.17) is 0 Å². The predicted molar refractivity (Wildman–Crippen MR) is 410 cm³/mol. The minimum absolute atomic E-state index is 0.163. The third-order valence-corrected chi connectivity index (χ3v) is 20.1. The van der Waals surface area contributed by atoms with Crippen LogP contribution in [0.4, 0.5) is 34.1 Å². The summed E-state index contributed by atoms with van der Waals surface area (Å²) in [4.78, 5) is 5.45. The van der Waals surface area contributed by atoms with E-state index >= 15 is 0 Å². The molecule has 0 bridgehead atoms. The van der Waals surface area contributed by atoms with E-state index in [1.807, 2.05) is 0 Å². The molecule has 0 aromatic heterocycles. The first-order valence-corrected chi connectivity index (χ1v) is 33.8. The first-order valence-electron chi connectivity index (χ1n) is 33.8. The van der Waals surface area contributed by atoms with Gasteiger partial charge in [-0.15, -0.1) is 0 Å². The van der Waals surface area contributed by atoms with E-state index < -0.39 is 0 Å². The van der Waals surface area contributed by atoms with Crippen LogP contribution in [0.3, 0.4) is 0 Å². The van der Waals surface area contributed by atoms with Crippen LogP contribution in [0.15, 0.2) is 303 Å². The van der Waals surface area contributed by atoms with E-state index in [-0.39, 0.29) is 23.0 Å². The molecule has 14 aromatic rings. The molecule has 3 heteroatoms. The molecule has 2 nitrogen and oxygen atoms in total. The average molecular weight is 1220 g/mol. The lowest BCUT2D eigenvalue weighted by molar-refractivity contribution is 0.590. The Kier molecular flexibility index (Phi) is 14.4. The summed E-state index contributed by atoms with van der Waals surface area (Å²) in [6.07, 6.45) is 0. The molecule has 0 radical (unpaired) electrons. The Bertz CT molecular complexity index is 5090. The van der Waals surface area contributed by atoms with Gasteiger partial charge < -0.3 is 9.80 Å². The quantitative estimate of drug-likeness (QED) is 0.105. The number of hydrogen-bond donors (Lipinski definition) is 0. The fourth-order valence-corrected chi connectivity index (χ4v) is 15.2. The monoisotopic (exact) mass is 1220 g/mol. The topological polar surface area (TPSA) is 6.48 Å². The average Bonchev–Trinajstić information content (AvgIpc) is 0.688. The summed E-state index contributed by atoms with van der Waals surface area (Å²) in [5.41, 5.74) is 30.6. The summed E-state index contributed by atoms with van der Waals surface area (Å²) in [5.74, 6) is 0. The molecule has 0 N–H and O–H groups in total. The third kappa shape index (κ3) is 10.3. The molecule has 16 rings (SSSR count). The Morgan fingerprint density at radius 3 is 0.842 bits per heavy atom. The van der Waals surface area contributed by atoms with Gasteiger partial charge in [0, 0.05) is 45.0 Å². The van der Waals surface area contributed by atoms with Gasteiger partial charge in [-0.1, -0.05) is 317 Å². The van der Waals surface area contributed by atoms with Crippen molar-refractivity contribution in [1.82, 2.24) is 0 Å². The molecular weight excluding hydrogens is 1140 g/mol. The first-order chi connectivity index (χ1) is 46.1. The molecule has 0 saturated carbocycles. The number of rotatable bonds is 9. The van der Waals surface area contributed by atoms with Crippen LogP contribution in [0.1, 0.15) is 79.0 Å². The van der Waals surface area contributed by atoms with Crippen molar-refractivity contribution in [3.8, 4) is 77.9 Å². The summed E-state index contributed by atoms with van der Waals surface area (Å²) < 4.78 is 0. The van der Waals surface area contributed by atoms with Crippen LogP contribution in [0, 0.1) is 0 Å². The van der Waals surface area contributed by atoms with E-state index in [1.54, 1.807) is 0 Å². The predicted octanol–water partition coefficient (Wildman–Crippen LogP) is 23.6. The van der Waals surface area contributed by atoms with Crippen molar-refractivity contribution in [2.75, 3.05) is 9.80 Å². The Morgan fingerprint density at radius 1 is 0.232 bits per heavy atom. The van der Waals surface area contributed by atoms with Gasteiger partial charge in [0.05, 0.1) is 11.4 Å². The van der Waals surface area contributed by atoms with Crippen LogP contribution >= 0.6 is 0 Å². The lowest BCUT2D eigenvalue weighted by atomic mass is 9.33. The van der Waals surface area contributed by atoms with Gasteiger partial charge in [0.15, 0.2) is 0 Å². The Labute approximate surface area is 561 Å². The second-order valence-electron chi connectivity index (χ2n) is 29.2. The van der Waals surface area contributed by atoms with Crippen LogP contribution in [-0.4, -0.2) is 6.71 Å². The van der Waals surface area contributed by atoms with Crippen LogP contribution in [0.5, 0.6) is 0 Å². The van der Waals surface area contributed by atoms with Gasteiger partial charge in [-0.3, -0.25) is 0 Å². The smallest absolute Gasteiger partial charge is 0.252 e. The van der Waals surface area contributed by atoms with E-state index in [0.717, 1.165) is 17.1 Å². The number of nitrogens with zero attached hydrogens (tertiary/aromatic N) is 2. The number of hydrogen-bond acceptors (Lipinski definition) is 2. The molecule has 0 atom stereocenters. The van der Waals surface area contributed by atoms with Gasteiger partial charge in [-0.05, 0) is 175 Å². The lowest BCUT2D eigenvalue weighted by Gasteiger charge is -2.47. The highest BCUT2D eigenvalue weighted by Crippen LogP contribution is 2.56. The van der Waals surface area contributed by atoms with Gasteiger partial charge in [0.25, 0.3) is 6.71 Å². The van der Waals surface area contributed by atoms with Crippen LogP contribution in [0.2, 0.25) is 0 Å². The van der Waals surface area contributed by atoms with Gasteiger partial charge in [0.1, 0.15) is 0 Å². The zero-order valence-corrected chi connectivity index (χ0v) is 55.8. The Morgan fingerprint density at radius 2 is 0.505 bits per heavy atom. The molecule has 0 spiro atoms. The molecule has 0 aliphatic carbocycles. The summed E-state index contributed by atoms with van der Waals surface area (Å²) in [5, 5.41) is 4.92. The zero-order valence-electron chi connectivity index (χ0n) is 55.8. The SMILES string of the molecule is CC(C)(C)c1cc(-c2ccccc2)c(N2c3cc(-c4ccccc4)ccc3B3c4ccc(-c5c6ccccc6c(-c6ccccc6)c6ccccc56)cc4N(c4c(-c5ccccc5)cc(C(C)(C)C)cc4-c4ccccc4)c4cc(C(C)(C)C)cc2c43)c(-c2ccccc2)c1. The molecule has 0 saturated heterocycles. The second-order valence-corrected chi connectivity index (χ2v) is 29.2. The van der Waals surface area contributed by atoms with E-state index in [2.05, 4.69) is 375 Å². The summed E-state index contributed by atoms with van der Waals surface area (Å²) in [7, 11) is 0. The molecular formula is C92H77BN2. The van der Waals surface area contributed by atoms with Crippen LogP contribution < -0.4 is 26.2 Å². The van der Waals surface area contributed by atoms with Crippen molar-refractivity contribution < 1.29 is 0 Å². The standard InChI is InChI=1S/C92H77BN2/c1-90(2,3)68-54-75(61-34-18-11-19-35-61)88(76(55-68)62-36-20-12-21-37-62)94-81-52-66(60-32-16-10-17-33-60)48-50-79(81)93-80-51-49-67(86-73-46-30-28-44-71(73)85(65-42-26-15-27-43-65)72-45-29-31-47-74(72)86)53-82(80)95(84-59-70(92(7,8)9)58-83(94)87(84)93)89-77(63-38-22-13-23-39-63)56-69(91(4,5)6)57-78(89)64-40-24-14-25-41-64/h10-59H,1-9H3. The largest absolute Gasteiger partial charge is 0.310 e. The van der Waals surface area contributed by atoms with Crippen molar-refractivity contribution in [1.29, 1.82) is 0 Å². The maximum Gasteiger partial charge on any atom is 0.252 e. The highest BCUT2D eigenvalue weighted by molar-refractivity contribution is 7.00. The highest BCUT2D eigenvalue weighted by atomic mass is 15.2. The van der Waals surface area contributed by atoms with Crippen LogP contribution in [-0.2, 0) is 16.2 Å². The van der Waals surface area contributed by atoms with E-state index in [0.29, 0.717) is 0 Å². The zero-order chi connectivity index (χ0) is 64.9. The molecule has 458 valence electrons. The molecule has 0 fully saturated rings. The van der Waals surface area contributed by atoms with E-state index in [9.17, 15) is 0 Å². The Hall–Kier alpha value is -10.7. The minimum atomic E-state index is -0.299. The maximum atomic E-state index is 2.74. The number of anilines is 6. The van der Waals surface area contributed by atoms with Crippen molar-refractivity contribution >= 4 is 78.8 Å². The summed E-state index contributed by atoms with van der Waals surface area (Å²) in [6, 6.07) is 115. The summed E-state index contributed by atoms with van der Waals surface area (Å²) >= 11 is 0. The lowest BCUT2D eigenvalue weighted by Crippen LogP contribution is -2.61. The molecule has 2 aliphatic heterocycles. The molecule has 0 amide bonds. The second kappa shape index (κ2) is 23.1. The van der Waals surface area contributed by atoms with Gasteiger partial charge in [-0.2, -0.15) is 0 Å². The van der Waals surface area contributed by atoms with Crippen molar-refractivity contribution in [3.05, 3.63) is 320 Å². The normalized spacial score (nSPS) is 12.8. The summed E-state index contributed by atoms with van der Waals surface area (Å²) in [6.45, 7) is 21.1. The Balaban J connectivity index is 1.10. The number of benzene rings is 14. The molecule has 2 aliphatic rings. The van der Waals surface area contributed by atoms with Crippen molar-refractivity contribution in [3.63, 3.8) is 0 Å². The highest BCUT2D eigenvalue weighted by Gasteiger charge is 2.46. The van der Waals surface area contributed by atoms with E-state index in [1.165, 1.54) is 150 Å². The van der Waals surface area contributed by atoms with Gasteiger partial charge in [-0.25, -0.2) is 0 Å². The van der Waals surface area contributed by atoms with Gasteiger partial charge in [0.2, 0.25) is 0 Å². The molecule has 0 unspecified atom stereocenters. The fraction of sp³-hybridized carbons (Fsp3) is 0.130. The number of fused-ring (bicyclic) bond motifs is 6.